The number of nitrogens with zero attached hydrogens (tertiary/aromatic N) is 4. The van der Waals surface area contributed by atoms with Gasteiger partial charge in [0.05, 0.1) is 11.9 Å². The normalized spacial score (nSPS) is 19.9. The lowest BCUT2D eigenvalue weighted by atomic mass is 9.87. The van der Waals surface area contributed by atoms with Gasteiger partial charge in [0, 0.05) is 25.5 Å². The van der Waals surface area contributed by atoms with E-state index in [0.717, 1.165) is 50.5 Å². The standard InChI is InChI=1S/C19H26N6O/c26-18(19(7-10-20-11-8-19)25-14-4-9-22-25)23-16-5-6-17(21-15-16)24-12-2-1-3-13-24/h4-6,9,14-15,20H,1-3,7-8,10-13H2,(H,23,26). The van der Waals surface area contributed by atoms with Crippen LogP contribution < -0.4 is 15.5 Å². The molecular formula is C19H26N6O. The fraction of sp³-hybridized carbons (Fsp3) is 0.526. The largest absolute Gasteiger partial charge is 0.357 e. The molecule has 0 bridgehead atoms. The third kappa shape index (κ3) is 3.31. The van der Waals surface area contributed by atoms with Crippen molar-refractivity contribution in [1.29, 1.82) is 0 Å². The molecule has 7 heteroatoms. The van der Waals surface area contributed by atoms with Gasteiger partial charge in [-0.2, -0.15) is 5.10 Å². The molecule has 1 amide bonds. The van der Waals surface area contributed by atoms with E-state index in [2.05, 4.69) is 25.6 Å². The molecule has 0 spiro atoms. The number of aromatic nitrogens is 3. The first kappa shape index (κ1) is 17.0. The van der Waals surface area contributed by atoms with E-state index in [1.54, 1.807) is 17.1 Å². The molecule has 2 aliphatic heterocycles. The molecule has 2 aromatic rings. The molecule has 2 saturated heterocycles. The molecule has 2 aliphatic rings. The molecule has 2 aromatic heterocycles. The zero-order chi connectivity index (χ0) is 17.8. The highest BCUT2D eigenvalue weighted by Gasteiger charge is 2.42. The number of rotatable bonds is 4. The van der Waals surface area contributed by atoms with Gasteiger partial charge in [-0.3, -0.25) is 9.48 Å². The molecule has 0 atom stereocenters. The van der Waals surface area contributed by atoms with Gasteiger partial charge >= 0.3 is 0 Å². The number of amides is 1. The number of carbonyl (C=O) groups excluding carboxylic acids is 1. The van der Waals surface area contributed by atoms with Crippen molar-refractivity contribution >= 4 is 17.4 Å². The summed E-state index contributed by atoms with van der Waals surface area (Å²) in [5, 5.41) is 10.7. The number of piperidine rings is 2. The van der Waals surface area contributed by atoms with Gasteiger partial charge in [-0.25, -0.2) is 4.98 Å². The average Bonchev–Trinajstić information content (AvgIpc) is 3.25. The van der Waals surface area contributed by atoms with Crippen LogP contribution in [-0.2, 0) is 10.3 Å². The Morgan fingerprint density at radius 3 is 2.62 bits per heavy atom. The predicted octanol–water partition coefficient (Wildman–Crippen LogP) is 1.99. The van der Waals surface area contributed by atoms with Crippen LogP contribution in [-0.4, -0.2) is 46.9 Å². The van der Waals surface area contributed by atoms with Crippen LogP contribution in [0.5, 0.6) is 0 Å². The van der Waals surface area contributed by atoms with Crippen LogP contribution in [0.3, 0.4) is 0 Å². The number of hydrogen-bond donors (Lipinski definition) is 2. The molecule has 7 nitrogen and oxygen atoms in total. The summed E-state index contributed by atoms with van der Waals surface area (Å²) in [7, 11) is 0. The second-order valence-corrected chi connectivity index (χ2v) is 7.14. The van der Waals surface area contributed by atoms with Crippen molar-refractivity contribution in [2.75, 3.05) is 36.4 Å². The van der Waals surface area contributed by atoms with E-state index in [1.807, 2.05) is 24.4 Å². The van der Waals surface area contributed by atoms with E-state index >= 15 is 0 Å². The van der Waals surface area contributed by atoms with Crippen molar-refractivity contribution in [2.24, 2.45) is 0 Å². The Labute approximate surface area is 153 Å². The second-order valence-electron chi connectivity index (χ2n) is 7.14. The van der Waals surface area contributed by atoms with Crippen LogP contribution in [0.1, 0.15) is 32.1 Å². The van der Waals surface area contributed by atoms with Gasteiger partial charge in [-0.15, -0.1) is 0 Å². The number of anilines is 2. The Balaban J connectivity index is 1.49. The van der Waals surface area contributed by atoms with Gasteiger partial charge in [0.25, 0.3) is 5.91 Å². The monoisotopic (exact) mass is 354 g/mol. The van der Waals surface area contributed by atoms with E-state index in [0.29, 0.717) is 0 Å². The van der Waals surface area contributed by atoms with Gasteiger partial charge in [0.15, 0.2) is 0 Å². The number of pyridine rings is 1. The minimum Gasteiger partial charge on any atom is -0.357 e. The maximum Gasteiger partial charge on any atom is 0.252 e. The maximum atomic E-state index is 13.1. The lowest BCUT2D eigenvalue weighted by Gasteiger charge is -2.36. The molecule has 2 N–H and O–H groups in total. The molecule has 0 aliphatic carbocycles. The van der Waals surface area contributed by atoms with Crippen molar-refractivity contribution < 1.29 is 4.79 Å². The molecule has 2 fully saturated rings. The van der Waals surface area contributed by atoms with Gasteiger partial charge in [0.2, 0.25) is 0 Å². The van der Waals surface area contributed by atoms with E-state index in [4.69, 9.17) is 0 Å². The summed E-state index contributed by atoms with van der Waals surface area (Å²) in [6.45, 7) is 3.74. The maximum absolute atomic E-state index is 13.1. The molecule has 0 saturated carbocycles. The zero-order valence-electron chi connectivity index (χ0n) is 15.0. The van der Waals surface area contributed by atoms with Crippen LogP contribution in [0.15, 0.2) is 36.8 Å². The summed E-state index contributed by atoms with van der Waals surface area (Å²) in [6.07, 6.45) is 10.6. The molecular weight excluding hydrogens is 328 g/mol. The molecule has 26 heavy (non-hydrogen) atoms. The van der Waals surface area contributed by atoms with E-state index < -0.39 is 5.54 Å². The minimum absolute atomic E-state index is 0.0183. The van der Waals surface area contributed by atoms with Crippen LogP contribution in [0, 0.1) is 0 Å². The highest BCUT2D eigenvalue weighted by Crippen LogP contribution is 2.29. The Morgan fingerprint density at radius 2 is 1.96 bits per heavy atom. The van der Waals surface area contributed by atoms with Crippen molar-refractivity contribution in [3.05, 3.63) is 36.8 Å². The minimum atomic E-state index is -0.639. The smallest absolute Gasteiger partial charge is 0.252 e. The van der Waals surface area contributed by atoms with Gasteiger partial charge in [0.1, 0.15) is 11.4 Å². The van der Waals surface area contributed by atoms with E-state index in [9.17, 15) is 4.79 Å². The van der Waals surface area contributed by atoms with Crippen LogP contribution in [0.2, 0.25) is 0 Å². The summed E-state index contributed by atoms with van der Waals surface area (Å²) < 4.78 is 1.80. The first-order valence-electron chi connectivity index (χ1n) is 9.51. The summed E-state index contributed by atoms with van der Waals surface area (Å²) in [6, 6.07) is 5.82. The lowest BCUT2D eigenvalue weighted by Crippen LogP contribution is -2.52. The molecule has 0 aromatic carbocycles. The lowest BCUT2D eigenvalue weighted by molar-refractivity contribution is -0.126. The van der Waals surface area contributed by atoms with Crippen LogP contribution >= 0.6 is 0 Å². The number of hydrogen-bond acceptors (Lipinski definition) is 5. The van der Waals surface area contributed by atoms with Crippen molar-refractivity contribution in [3.8, 4) is 0 Å². The SMILES string of the molecule is O=C(Nc1ccc(N2CCCCC2)nc1)C1(n2cccn2)CCNCC1. The van der Waals surface area contributed by atoms with Crippen LogP contribution in [0.25, 0.3) is 0 Å². The summed E-state index contributed by atoms with van der Waals surface area (Å²) in [5.74, 6) is 0.974. The summed E-state index contributed by atoms with van der Waals surface area (Å²) in [4.78, 5) is 20.0. The Morgan fingerprint density at radius 1 is 1.15 bits per heavy atom. The number of nitrogens with one attached hydrogen (secondary N) is 2. The molecule has 4 heterocycles. The van der Waals surface area contributed by atoms with Crippen LogP contribution in [0.4, 0.5) is 11.5 Å². The summed E-state index contributed by atoms with van der Waals surface area (Å²) >= 11 is 0. The molecule has 4 rings (SSSR count). The third-order valence-electron chi connectivity index (χ3n) is 5.48. The Kier molecular flexibility index (Phi) is 4.88. The quantitative estimate of drug-likeness (QED) is 0.878. The van der Waals surface area contributed by atoms with Crippen molar-refractivity contribution in [3.63, 3.8) is 0 Å². The zero-order valence-corrected chi connectivity index (χ0v) is 15.0. The second kappa shape index (κ2) is 7.45. The topological polar surface area (TPSA) is 75.1 Å². The van der Waals surface area contributed by atoms with E-state index in [-0.39, 0.29) is 5.91 Å². The fourth-order valence-corrected chi connectivity index (χ4v) is 3.94. The summed E-state index contributed by atoms with van der Waals surface area (Å²) in [5.41, 5.74) is 0.0983. The third-order valence-corrected chi connectivity index (χ3v) is 5.48. The van der Waals surface area contributed by atoms with Crippen molar-refractivity contribution in [1.82, 2.24) is 20.1 Å². The Hall–Kier alpha value is -2.41. The molecule has 0 radical (unpaired) electrons. The first-order chi connectivity index (χ1) is 12.8. The Bertz CT molecular complexity index is 715. The fourth-order valence-electron chi connectivity index (χ4n) is 3.94. The van der Waals surface area contributed by atoms with Crippen molar-refractivity contribution in [2.45, 2.75) is 37.6 Å². The molecule has 138 valence electrons. The van der Waals surface area contributed by atoms with Gasteiger partial charge < -0.3 is 15.5 Å². The predicted molar refractivity (Wildman–Crippen MR) is 101 cm³/mol. The molecule has 0 unspecified atom stereocenters. The first-order valence-corrected chi connectivity index (χ1v) is 9.51. The average molecular weight is 354 g/mol. The highest BCUT2D eigenvalue weighted by molar-refractivity contribution is 5.96. The van der Waals surface area contributed by atoms with Gasteiger partial charge in [-0.1, -0.05) is 0 Å². The van der Waals surface area contributed by atoms with Gasteiger partial charge in [-0.05, 0) is 63.4 Å². The number of carbonyl (C=O) groups is 1. The van der Waals surface area contributed by atoms with E-state index in [1.165, 1.54) is 19.3 Å². The highest BCUT2D eigenvalue weighted by atomic mass is 16.2.